The number of ether oxygens (including phenoxy) is 5. The molecule has 0 atom stereocenters. The monoisotopic (exact) mass is 568 g/mol. The lowest BCUT2D eigenvalue weighted by atomic mass is 10.1. The molecule has 0 aromatic heterocycles. The second-order valence-electron chi connectivity index (χ2n) is 12.7. The molecule has 0 aliphatic rings. The zero-order valence-corrected chi connectivity index (χ0v) is 26.9. The molecule has 0 saturated carbocycles. The van der Waals surface area contributed by atoms with E-state index in [4.69, 9.17) is 23.7 Å². The quantitative estimate of drug-likeness (QED) is 0.132. The van der Waals surface area contributed by atoms with Gasteiger partial charge in [-0.05, 0) is 66.0 Å². The number of benzene rings is 2. The third-order valence-electron chi connectivity index (χ3n) is 5.59. The molecule has 228 valence electrons. The van der Waals surface area contributed by atoms with E-state index in [0.717, 1.165) is 5.56 Å². The molecule has 2 aromatic rings. The van der Waals surface area contributed by atoms with Crippen molar-refractivity contribution in [2.24, 2.45) is 29.6 Å². The maximum atomic E-state index is 13.6. The molecule has 0 N–H and O–H groups in total. The van der Waals surface area contributed by atoms with Crippen LogP contribution < -0.4 is 23.7 Å². The lowest BCUT2D eigenvalue weighted by Gasteiger charge is -2.21. The van der Waals surface area contributed by atoms with E-state index in [1.165, 1.54) is 0 Å². The summed E-state index contributed by atoms with van der Waals surface area (Å²) in [7, 11) is 0. The summed E-state index contributed by atoms with van der Waals surface area (Å²) < 4.78 is 30.8. The van der Waals surface area contributed by atoms with Gasteiger partial charge in [0, 0.05) is 5.56 Å². The summed E-state index contributed by atoms with van der Waals surface area (Å²) in [5, 5.41) is 0. The molecular weight excluding hydrogens is 516 g/mol. The molecule has 0 saturated heterocycles. The third-order valence-corrected chi connectivity index (χ3v) is 5.59. The van der Waals surface area contributed by atoms with Gasteiger partial charge in [0.05, 0.1) is 38.6 Å². The molecule has 2 aromatic carbocycles. The molecule has 0 amide bonds. The van der Waals surface area contributed by atoms with Gasteiger partial charge in [-0.1, -0.05) is 75.3 Å². The summed E-state index contributed by atoms with van der Waals surface area (Å²) in [5.74, 6) is 4.29. The Balaban J connectivity index is 2.52. The number of allylic oxidation sites excluding steroid dienone is 1. The molecule has 0 heterocycles. The van der Waals surface area contributed by atoms with Gasteiger partial charge < -0.3 is 23.7 Å². The topological polar surface area (TPSA) is 63.2 Å². The second kappa shape index (κ2) is 17.0. The van der Waals surface area contributed by atoms with E-state index in [9.17, 15) is 4.79 Å². The fraction of sp³-hybridized carbons (Fsp3) is 0.571. The van der Waals surface area contributed by atoms with Crippen LogP contribution in [0.5, 0.6) is 28.7 Å². The van der Waals surface area contributed by atoms with E-state index in [1.807, 2.05) is 24.3 Å². The first kappa shape index (κ1) is 34.1. The predicted molar refractivity (Wildman–Crippen MR) is 168 cm³/mol. The minimum absolute atomic E-state index is 0.182. The van der Waals surface area contributed by atoms with Crippen molar-refractivity contribution in [3.63, 3.8) is 0 Å². The molecule has 0 bridgehead atoms. The van der Waals surface area contributed by atoms with Crippen LogP contribution in [0.2, 0.25) is 0 Å². The predicted octanol–water partition coefficient (Wildman–Crippen LogP) is 8.76. The number of hydrogen-bond donors (Lipinski definition) is 0. The molecule has 0 unspecified atom stereocenters. The molecular formula is C35H52O6. The summed E-state index contributed by atoms with van der Waals surface area (Å²) >= 11 is 0. The fourth-order valence-corrected chi connectivity index (χ4v) is 3.58. The molecule has 2 rings (SSSR count). The van der Waals surface area contributed by atoms with Gasteiger partial charge in [0.2, 0.25) is 5.75 Å². The lowest BCUT2D eigenvalue weighted by Crippen LogP contribution is -2.12. The van der Waals surface area contributed by atoms with E-state index in [-0.39, 0.29) is 5.78 Å². The molecule has 0 aliphatic carbocycles. The van der Waals surface area contributed by atoms with Crippen molar-refractivity contribution in [1.29, 1.82) is 0 Å². The second-order valence-corrected chi connectivity index (χ2v) is 12.7. The molecule has 0 spiro atoms. The molecule has 6 heteroatoms. The summed E-state index contributed by atoms with van der Waals surface area (Å²) in [6.45, 7) is 23.5. The smallest absolute Gasteiger partial charge is 0.204 e. The highest BCUT2D eigenvalue weighted by molar-refractivity contribution is 6.09. The van der Waals surface area contributed by atoms with Crippen molar-refractivity contribution in [3.8, 4) is 28.7 Å². The van der Waals surface area contributed by atoms with Gasteiger partial charge in [-0.2, -0.15) is 0 Å². The van der Waals surface area contributed by atoms with Crippen LogP contribution in [-0.4, -0.2) is 38.8 Å². The van der Waals surface area contributed by atoms with Gasteiger partial charge in [-0.25, -0.2) is 0 Å². The molecule has 0 aliphatic heterocycles. The minimum atomic E-state index is -0.182. The first-order chi connectivity index (χ1) is 19.4. The van der Waals surface area contributed by atoms with Crippen LogP contribution in [0.1, 0.15) is 85.2 Å². The maximum absolute atomic E-state index is 13.6. The minimum Gasteiger partial charge on any atom is -0.489 e. The first-order valence-corrected chi connectivity index (χ1v) is 15.0. The van der Waals surface area contributed by atoms with Crippen molar-refractivity contribution in [3.05, 3.63) is 47.5 Å². The third kappa shape index (κ3) is 11.7. The Kier molecular flexibility index (Phi) is 14.1. The number of para-hydroxylation sites is 1. The van der Waals surface area contributed by atoms with Crippen molar-refractivity contribution >= 4 is 11.9 Å². The summed E-state index contributed by atoms with van der Waals surface area (Å²) in [5.41, 5.74) is 1.20. The maximum Gasteiger partial charge on any atom is 0.204 e. The number of rotatable bonds is 18. The molecule has 41 heavy (non-hydrogen) atoms. The largest absolute Gasteiger partial charge is 0.489 e. The molecule has 0 radical (unpaired) electrons. The Labute approximate surface area is 248 Å². The Morgan fingerprint density at radius 3 is 1.51 bits per heavy atom. The van der Waals surface area contributed by atoms with Crippen LogP contribution in [-0.2, 0) is 0 Å². The SMILES string of the molecule is CC(C)COc1cccc(C(=O)/C=C/c2ccc(OCC(C)C)c(OCC(C)C)c2OCC(C)C)c1OCC(C)C. The van der Waals surface area contributed by atoms with Crippen LogP contribution >= 0.6 is 0 Å². The van der Waals surface area contributed by atoms with E-state index in [1.54, 1.807) is 18.2 Å². The van der Waals surface area contributed by atoms with Gasteiger partial charge in [-0.15, -0.1) is 0 Å². The average molecular weight is 569 g/mol. The van der Waals surface area contributed by atoms with Gasteiger partial charge >= 0.3 is 0 Å². The standard InChI is InChI=1S/C35H52O6/c1-23(2)18-37-31-13-11-12-29(34(31)40-21-26(7)8)30(36)16-14-28-15-17-32(38-19-24(3)4)35(41-22-27(9)10)33(28)39-20-25(5)6/h11-17,23-27H,18-22H2,1-10H3/b16-14+. The summed E-state index contributed by atoms with van der Waals surface area (Å²) in [6.07, 6.45) is 3.34. The highest BCUT2D eigenvalue weighted by Gasteiger charge is 2.20. The Morgan fingerprint density at radius 2 is 1.00 bits per heavy atom. The number of carbonyl (C=O) groups excluding carboxylic acids is 1. The molecule has 0 fully saturated rings. The van der Waals surface area contributed by atoms with E-state index >= 15 is 0 Å². The average Bonchev–Trinajstić information content (AvgIpc) is 2.90. The normalized spacial score (nSPS) is 11.8. The summed E-state index contributed by atoms with van der Waals surface area (Å²) in [6, 6.07) is 9.26. The van der Waals surface area contributed by atoms with Gasteiger partial charge in [0.1, 0.15) is 0 Å². The van der Waals surface area contributed by atoms with Crippen molar-refractivity contribution < 1.29 is 28.5 Å². The Bertz CT molecular complexity index is 1110. The van der Waals surface area contributed by atoms with Crippen molar-refractivity contribution in [1.82, 2.24) is 0 Å². The van der Waals surface area contributed by atoms with Gasteiger partial charge in [-0.3, -0.25) is 4.79 Å². The van der Waals surface area contributed by atoms with Crippen LogP contribution in [0, 0.1) is 29.6 Å². The highest BCUT2D eigenvalue weighted by Crippen LogP contribution is 2.42. The number of hydrogen-bond acceptors (Lipinski definition) is 6. The fourth-order valence-electron chi connectivity index (χ4n) is 3.58. The van der Waals surface area contributed by atoms with Crippen molar-refractivity contribution in [2.45, 2.75) is 69.2 Å². The highest BCUT2D eigenvalue weighted by atomic mass is 16.5. The zero-order chi connectivity index (χ0) is 30.5. The van der Waals surface area contributed by atoms with Crippen LogP contribution in [0.4, 0.5) is 0 Å². The Morgan fingerprint density at radius 1 is 0.561 bits per heavy atom. The zero-order valence-electron chi connectivity index (χ0n) is 26.9. The van der Waals surface area contributed by atoms with E-state index < -0.39 is 0 Å². The lowest BCUT2D eigenvalue weighted by molar-refractivity contribution is 0.104. The van der Waals surface area contributed by atoms with Crippen LogP contribution in [0.25, 0.3) is 6.08 Å². The molecule has 6 nitrogen and oxygen atoms in total. The van der Waals surface area contributed by atoms with Gasteiger partial charge in [0.25, 0.3) is 0 Å². The van der Waals surface area contributed by atoms with E-state index in [2.05, 4.69) is 69.2 Å². The summed E-state index contributed by atoms with van der Waals surface area (Å²) in [4.78, 5) is 13.6. The van der Waals surface area contributed by atoms with Crippen LogP contribution in [0.3, 0.4) is 0 Å². The Hall–Kier alpha value is -3.15. The van der Waals surface area contributed by atoms with E-state index in [0.29, 0.717) is 96.9 Å². The van der Waals surface area contributed by atoms with Crippen molar-refractivity contribution in [2.75, 3.05) is 33.0 Å². The number of carbonyl (C=O) groups is 1. The van der Waals surface area contributed by atoms with Gasteiger partial charge in [0.15, 0.2) is 28.8 Å². The van der Waals surface area contributed by atoms with Crippen LogP contribution in [0.15, 0.2) is 36.4 Å². The first-order valence-electron chi connectivity index (χ1n) is 15.0. The number of ketones is 1.